The Kier molecular flexibility index (Phi) is 6.17. The van der Waals surface area contributed by atoms with Gasteiger partial charge in [0.1, 0.15) is 5.82 Å². The lowest BCUT2D eigenvalue weighted by atomic mass is 10.1. The number of hydrogen-bond donors (Lipinski definition) is 0. The molecule has 0 N–H and O–H groups in total. The minimum atomic E-state index is -1.12. The molecule has 0 radical (unpaired) electrons. The first-order valence-corrected chi connectivity index (χ1v) is 7.44. The summed E-state index contributed by atoms with van der Waals surface area (Å²) in [7, 11) is 1.43. The molecule has 0 saturated carbocycles. The zero-order chi connectivity index (χ0) is 17.5. The van der Waals surface area contributed by atoms with E-state index in [2.05, 4.69) is 0 Å². The number of nitrogens with zero attached hydrogens (tertiary/aromatic N) is 1. The Morgan fingerprint density at radius 1 is 1.04 bits per heavy atom. The van der Waals surface area contributed by atoms with Crippen LogP contribution in [0.4, 0.5) is 4.39 Å². The van der Waals surface area contributed by atoms with Gasteiger partial charge in [-0.1, -0.05) is 18.2 Å². The number of likely N-dealkylation sites (N-methyl/N-ethyl adjacent to an activating group) is 1. The summed E-state index contributed by atoms with van der Waals surface area (Å²) < 4.78 is 18.4. The highest BCUT2D eigenvalue weighted by molar-refractivity contribution is 5.99. The van der Waals surface area contributed by atoms with Crippen molar-refractivity contribution >= 4 is 11.8 Å². The van der Waals surface area contributed by atoms with Gasteiger partial charge in [-0.2, -0.15) is 0 Å². The van der Waals surface area contributed by atoms with E-state index in [0.29, 0.717) is 5.56 Å². The summed E-state index contributed by atoms with van der Waals surface area (Å²) in [6, 6.07) is 13.5. The van der Waals surface area contributed by atoms with E-state index in [9.17, 15) is 14.0 Å². The molecule has 2 aromatic rings. The van der Waals surface area contributed by atoms with Crippen LogP contribution < -0.4 is 0 Å². The Morgan fingerprint density at radius 2 is 1.67 bits per heavy atom. The first kappa shape index (κ1) is 17.8. The molecular formula is C18H18FNO4. The van der Waals surface area contributed by atoms with Gasteiger partial charge in [-0.05, 0) is 43.3 Å². The van der Waals surface area contributed by atoms with Crippen LogP contribution in [0, 0.1) is 5.82 Å². The number of hydrogen-bond acceptors (Lipinski definition) is 5. The van der Waals surface area contributed by atoms with E-state index in [-0.39, 0.29) is 12.2 Å². The summed E-state index contributed by atoms with van der Waals surface area (Å²) in [5.74, 6) is -1.47. The second-order valence-electron chi connectivity index (χ2n) is 4.97. The Labute approximate surface area is 139 Å². The molecule has 1 unspecified atom stereocenters. The Bertz CT molecular complexity index is 688. The van der Waals surface area contributed by atoms with Crippen LogP contribution in [0.25, 0.3) is 0 Å². The molecule has 1 atom stereocenters. The van der Waals surface area contributed by atoms with E-state index in [1.807, 2.05) is 0 Å². The molecule has 0 bridgehead atoms. The van der Waals surface area contributed by atoms with Crippen LogP contribution >= 0.6 is 0 Å². The summed E-state index contributed by atoms with van der Waals surface area (Å²) in [5.41, 5.74) is 0.617. The average Bonchev–Trinajstić information content (AvgIpc) is 2.60. The van der Waals surface area contributed by atoms with Crippen molar-refractivity contribution in [3.63, 3.8) is 0 Å². The third kappa shape index (κ3) is 4.47. The zero-order valence-corrected chi connectivity index (χ0v) is 13.4. The SMILES string of the molecule is CCOC(C(=O)c1ccc(F)cc1)N(C)OC(=O)c1ccccc1. The van der Waals surface area contributed by atoms with Gasteiger partial charge in [0.25, 0.3) is 0 Å². The van der Waals surface area contributed by atoms with Crippen LogP contribution in [0.1, 0.15) is 27.6 Å². The van der Waals surface area contributed by atoms with Gasteiger partial charge < -0.3 is 9.57 Å². The van der Waals surface area contributed by atoms with Crippen LogP contribution in [0.3, 0.4) is 0 Å². The van der Waals surface area contributed by atoms with Gasteiger partial charge >= 0.3 is 5.97 Å². The molecule has 0 aliphatic heterocycles. The molecule has 0 fully saturated rings. The summed E-state index contributed by atoms with van der Waals surface area (Å²) in [6.45, 7) is 1.96. The van der Waals surface area contributed by atoms with Crippen LogP contribution in [0.2, 0.25) is 0 Å². The van der Waals surface area contributed by atoms with Crippen LogP contribution in [-0.2, 0) is 9.57 Å². The fourth-order valence-corrected chi connectivity index (χ4v) is 2.07. The first-order valence-electron chi connectivity index (χ1n) is 7.44. The van der Waals surface area contributed by atoms with Crippen molar-refractivity contribution in [2.45, 2.75) is 13.2 Å². The van der Waals surface area contributed by atoms with Crippen LogP contribution in [0.15, 0.2) is 54.6 Å². The zero-order valence-electron chi connectivity index (χ0n) is 13.4. The number of hydroxylamine groups is 2. The molecule has 126 valence electrons. The maximum atomic E-state index is 13.0. The number of ether oxygens (including phenoxy) is 1. The maximum absolute atomic E-state index is 13.0. The van der Waals surface area contributed by atoms with Gasteiger partial charge in [0, 0.05) is 19.2 Å². The average molecular weight is 331 g/mol. The third-order valence-corrected chi connectivity index (χ3v) is 3.24. The largest absolute Gasteiger partial charge is 0.361 e. The molecular weight excluding hydrogens is 313 g/mol. The van der Waals surface area contributed by atoms with Gasteiger partial charge in [-0.25, -0.2) is 9.18 Å². The molecule has 0 aliphatic rings. The Hall–Kier alpha value is -2.57. The maximum Gasteiger partial charge on any atom is 0.357 e. The van der Waals surface area contributed by atoms with Gasteiger partial charge in [0.05, 0.1) is 5.56 Å². The van der Waals surface area contributed by atoms with Gasteiger partial charge in [-0.15, -0.1) is 5.06 Å². The number of rotatable bonds is 7. The van der Waals surface area contributed by atoms with Crippen LogP contribution in [-0.4, -0.2) is 36.7 Å². The van der Waals surface area contributed by atoms with E-state index in [0.717, 1.165) is 5.06 Å². The highest BCUT2D eigenvalue weighted by Gasteiger charge is 2.28. The predicted octanol–water partition coefficient (Wildman–Crippen LogP) is 3.07. The van der Waals surface area contributed by atoms with Crippen molar-refractivity contribution in [2.75, 3.05) is 13.7 Å². The molecule has 0 heterocycles. The molecule has 0 aromatic heterocycles. The minimum absolute atomic E-state index is 0.241. The lowest BCUT2D eigenvalue weighted by Gasteiger charge is -2.25. The van der Waals surface area contributed by atoms with E-state index >= 15 is 0 Å². The highest BCUT2D eigenvalue weighted by Crippen LogP contribution is 2.13. The lowest BCUT2D eigenvalue weighted by molar-refractivity contribution is -0.179. The van der Waals surface area contributed by atoms with Crippen molar-refractivity contribution in [1.29, 1.82) is 0 Å². The lowest BCUT2D eigenvalue weighted by Crippen LogP contribution is -2.42. The number of benzene rings is 2. The number of carbonyl (C=O) groups is 2. The molecule has 0 aliphatic carbocycles. The fourth-order valence-electron chi connectivity index (χ4n) is 2.07. The van der Waals surface area contributed by atoms with E-state index in [4.69, 9.17) is 9.57 Å². The highest BCUT2D eigenvalue weighted by atomic mass is 19.1. The fraction of sp³-hybridized carbons (Fsp3) is 0.222. The number of ketones is 1. The second kappa shape index (κ2) is 8.33. The molecule has 24 heavy (non-hydrogen) atoms. The summed E-state index contributed by atoms with van der Waals surface area (Å²) in [6.07, 6.45) is -1.12. The van der Waals surface area contributed by atoms with Crippen molar-refractivity contribution in [1.82, 2.24) is 5.06 Å². The second-order valence-corrected chi connectivity index (χ2v) is 4.97. The Morgan fingerprint density at radius 3 is 2.25 bits per heavy atom. The van der Waals surface area contributed by atoms with Crippen LogP contribution in [0.5, 0.6) is 0 Å². The molecule has 0 saturated heterocycles. The molecule has 0 amide bonds. The number of Topliss-reactive ketones (excluding diaryl/α,β-unsaturated/α-hetero) is 1. The predicted molar refractivity (Wildman–Crippen MR) is 85.8 cm³/mol. The topological polar surface area (TPSA) is 55.8 Å². The smallest absolute Gasteiger partial charge is 0.357 e. The van der Waals surface area contributed by atoms with E-state index < -0.39 is 23.8 Å². The van der Waals surface area contributed by atoms with Gasteiger partial charge in [-0.3, -0.25) is 4.79 Å². The molecule has 2 rings (SSSR count). The van der Waals surface area contributed by atoms with Crippen molar-refractivity contribution in [2.24, 2.45) is 0 Å². The standard InChI is InChI=1S/C18H18FNO4/c1-3-23-17(16(21)13-9-11-15(19)12-10-13)20(2)24-18(22)14-7-5-4-6-8-14/h4-12,17H,3H2,1-2H3. The monoisotopic (exact) mass is 331 g/mol. The summed E-state index contributed by atoms with van der Waals surface area (Å²) >= 11 is 0. The third-order valence-electron chi connectivity index (χ3n) is 3.24. The molecule has 2 aromatic carbocycles. The summed E-state index contributed by atoms with van der Waals surface area (Å²) in [4.78, 5) is 29.8. The van der Waals surface area contributed by atoms with Crippen molar-refractivity contribution in [3.8, 4) is 0 Å². The molecule has 5 nitrogen and oxygen atoms in total. The Balaban J connectivity index is 2.12. The van der Waals surface area contributed by atoms with Gasteiger partial charge in [0.2, 0.25) is 12.0 Å². The van der Waals surface area contributed by atoms with Gasteiger partial charge in [0.15, 0.2) is 0 Å². The minimum Gasteiger partial charge on any atom is -0.361 e. The number of carbonyl (C=O) groups excluding carboxylic acids is 2. The molecule has 6 heteroatoms. The normalized spacial score (nSPS) is 12.0. The quantitative estimate of drug-likeness (QED) is 0.443. The number of halogens is 1. The van der Waals surface area contributed by atoms with E-state index in [1.165, 1.54) is 31.3 Å². The summed E-state index contributed by atoms with van der Waals surface area (Å²) in [5, 5.41) is 1.06. The molecule has 0 spiro atoms. The first-order chi connectivity index (χ1) is 11.5. The van der Waals surface area contributed by atoms with Crippen molar-refractivity contribution < 1.29 is 23.6 Å². The van der Waals surface area contributed by atoms with E-state index in [1.54, 1.807) is 37.3 Å². The van der Waals surface area contributed by atoms with Crippen molar-refractivity contribution in [3.05, 3.63) is 71.5 Å².